The third-order valence-electron chi connectivity index (χ3n) is 3.14. The quantitative estimate of drug-likeness (QED) is 0.605. The minimum Gasteiger partial charge on any atom is -0.457 e. The molecule has 0 amide bonds. The highest BCUT2D eigenvalue weighted by molar-refractivity contribution is 5.88. The van der Waals surface area contributed by atoms with Crippen molar-refractivity contribution in [3.63, 3.8) is 0 Å². The van der Waals surface area contributed by atoms with Gasteiger partial charge in [-0.05, 0) is 25.3 Å². The highest BCUT2D eigenvalue weighted by atomic mass is 16.7. The average Bonchev–Trinajstić information content (AvgIpc) is 2.68. The molecule has 3 rings (SSSR count). The van der Waals surface area contributed by atoms with Gasteiger partial charge in [-0.2, -0.15) is 0 Å². The molecule has 1 heterocycles. The molecular formula is C13H12O4. The Morgan fingerprint density at radius 3 is 2.94 bits per heavy atom. The Kier molecular flexibility index (Phi) is 2.28. The summed E-state index contributed by atoms with van der Waals surface area (Å²) in [5.41, 5.74) is 1.77. The summed E-state index contributed by atoms with van der Waals surface area (Å²) in [6, 6.07) is 5.37. The summed E-state index contributed by atoms with van der Waals surface area (Å²) in [7, 11) is 0. The lowest BCUT2D eigenvalue weighted by atomic mass is 9.96. The Labute approximate surface area is 97.8 Å². The van der Waals surface area contributed by atoms with Crippen molar-refractivity contribution in [1.82, 2.24) is 0 Å². The molecule has 4 heteroatoms. The van der Waals surface area contributed by atoms with Gasteiger partial charge in [0.1, 0.15) is 5.76 Å². The lowest BCUT2D eigenvalue weighted by Crippen LogP contribution is -2.02. The number of carboxylic acid groups (broad SMARTS) is 1. The largest absolute Gasteiger partial charge is 0.511 e. The third-order valence-corrected chi connectivity index (χ3v) is 3.14. The smallest absolute Gasteiger partial charge is 0.457 e. The molecule has 17 heavy (non-hydrogen) atoms. The van der Waals surface area contributed by atoms with E-state index in [0.29, 0.717) is 5.58 Å². The molecule has 0 unspecified atom stereocenters. The zero-order valence-corrected chi connectivity index (χ0v) is 9.23. The molecule has 0 saturated heterocycles. The van der Waals surface area contributed by atoms with Crippen molar-refractivity contribution in [2.45, 2.75) is 25.7 Å². The van der Waals surface area contributed by atoms with Gasteiger partial charge in [0, 0.05) is 17.4 Å². The lowest BCUT2D eigenvalue weighted by molar-refractivity contribution is 0.144. The van der Waals surface area contributed by atoms with Gasteiger partial charge in [0.05, 0.1) is 0 Å². The molecule has 0 aliphatic heterocycles. The van der Waals surface area contributed by atoms with E-state index in [0.717, 1.165) is 36.8 Å². The van der Waals surface area contributed by atoms with Crippen LogP contribution in [-0.4, -0.2) is 11.3 Å². The summed E-state index contributed by atoms with van der Waals surface area (Å²) in [4.78, 5) is 10.6. The molecule has 0 bridgehead atoms. The number of ether oxygens (including phenoxy) is 1. The van der Waals surface area contributed by atoms with E-state index in [9.17, 15) is 4.79 Å². The number of hydrogen-bond acceptors (Lipinski definition) is 3. The highest BCUT2D eigenvalue weighted by Crippen LogP contribution is 2.36. The molecule has 0 radical (unpaired) electrons. The van der Waals surface area contributed by atoms with Crippen molar-refractivity contribution in [2.24, 2.45) is 0 Å². The van der Waals surface area contributed by atoms with Gasteiger partial charge in [-0.1, -0.05) is 12.1 Å². The number of hydrogen-bond donors (Lipinski definition) is 1. The van der Waals surface area contributed by atoms with Crippen LogP contribution in [0.4, 0.5) is 4.79 Å². The maximum Gasteiger partial charge on any atom is 0.511 e. The summed E-state index contributed by atoms with van der Waals surface area (Å²) in [6.07, 6.45) is 2.90. The summed E-state index contributed by atoms with van der Waals surface area (Å²) in [6.45, 7) is 0. The standard InChI is InChI=1S/C13H12O4/c14-13(15)17-11-7-3-5-9-8-4-1-2-6-10(8)16-12(9)11/h3,5,7H,1-2,4,6H2,(H,14,15). The van der Waals surface area contributed by atoms with Crippen LogP contribution in [0.5, 0.6) is 5.75 Å². The molecule has 0 atom stereocenters. The second-order valence-corrected chi connectivity index (χ2v) is 4.21. The molecule has 2 aromatic rings. The first-order chi connectivity index (χ1) is 8.25. The number of rotatable bonds is 1. The van der Waals surface area contributed by atoms with Crippen LogP contribution in [0.15, 0.2) is 22.6 Å². The Hall–Kier alpha value is -1.97. The first kappa shape index (κ1) is 10.2. The van der Waals surface area contributed by atoms with E-state index < -0.39 is 6.16 Å². The van der Waals surface area contributed by atoms with Gasteiger partial charge in [0.2, 0.25) is 0 Å². The molecule has 1 N–H and O–H groups in total. The lowest BCUT2D eigenvalue weighted by Gasteiger charge is -2.08. The molecule has 88 valence electrons. The first-order valence-electron chi connectivity index (χ1n) is 5.70. The Morgan fingerprint density at radius 2 is 2.12 bits per heavy atom. The predicted molar refractivity (Wildman–Crippen MR) is 61.5 cm³/mol. The molecule has 0 fully saturated rings. The molecule has 1 aromatic heterocycles. The maximum absolute atomic E-state index is 10.6. The van der Waals surface area contributed by atoms with Crippen molar-refractivity contribution in [3.05, 3.63) is 29.5 Å². The fraction of sp³-hybridized carbons (Fsp3) is 0.308. The molecule has 0 spiro atoms. The Balaban J connectivity index is 2.19. The van der Waals surface area contributed by atoms with Crippen LogP contribution in [-0.2, 0) is 12.8 Å². The molecule has 4 nitrogen and oxygen atoms in total. The van der Waals surface area contributed by atoms with E-state index in [2.05, 4.69) is 0 Å². The molecule has 1 aliphatic rings. The molecular weight excluding hydrogens is 220 g/mol. The maximum atomic E-state index is 10.6. The van der Waals surface area contributed by atoms with Crippen LogP contribution in [0.2, 0.25) is 0 Å². The van der Waals surface area contributed by atoms with E-state index in [1.165, 1.54) is 5.56 Å². The van der Waals surface area contributed by atoms with Crippen LogP contribution in [0.25, 0.3) is 11.0 Å². The van der Waals surface area contributed by atoms with E-state index in [1.54, 1.807) is 12.1 Å². The van der Waals surface area contributed by atoms with Gasteiger partial charge in [-0.25, -0.2) is 4.79 Å². The van der Waals surface area contributed by atoms with E-state index in [-0.39, 0.29) is 5.75 Å². The zero-order valence-electron chi connectivity index (χ0n) is 9.23. The summed E-state index contributed by atoms with van der Waals surface area (Å²) in [5.74, 6) is 1.26. The van der Waals surface area contributed by atoms with Gasteiger partial charge in [-0.3, -0.25) is 0 Å². The molecule has 1 aromatic carbocycles. The number of para-hydroxylation sites is 1. The van der Waals surface area contributed by atoms with Crippen LogP contribution in [0, 0.1) is 0 Å². The van der Waals surface area contributed by atoms with Crippen molar-refractivity contribution in [2.75, 3.05) is 0 Å². The molecule has 1 aliphatic carbocycles. The van der Waals surface area contributed by atoms with E-state index in [1.807, 2.05) is 6.07 Å². The fourth-order valence-corrected chi connectivity index (χ4v) is 2.43. The second-order valence-electron chi connectivity index (χ2n) is 4.21. The van der Waals surface area contributed by atoms with Gasteiger partial charge >= 0.3 is 6.16 Å². The number of aryl methyl sites for hydroxylation is 2. The summed E-state index contributed by atoms with van der Waals surface area (Å²) < 4.78 is 10.5. The normalized spacial score (nSPS) is 14.6. The van der Waals surface area contributed by atoms with Gasteiger partial charge in [0.25, 0.3) is 0 Å². The van der Waals surface area contributed by atoms with Crippen LogP contribution >= 0.6 is 0 Å². The predicted octanol–water partition coefficient (Wildman–Crippen LogP) is 3.37. The Morgan fingerprint density at radius 1 is 1.29 bits per heavy atom. The number of carbonyl (C=O) groups is 1. The van der Waals surface area contributed by atoms with Crippen molar-refractivity contribution in [3.8, 4) is 5.75 Å². The average molecular weight is 232 g/mol. The van der Waals surface area contributed by atoms with Crippen molar-refractivity contribution in [1.29, 1.82) is 0 Å². The number of fused-ring (bicyclic) bond motifs is 3. The minimum absolute atomic E-state index is 0.282. The summed E-state index contributed by atoms with van der Waals surface area (Å²) in [5, 5.41) is 9.65. The van der Waals surface area contributed by atoms with E-state index in [4.69, 9.17) is 14.3 Å². The zero-order chi connectivity index (χ0) is 11.8. The topological polar surface area (TPSA) is 59.7 Å². The van der Waals surface area contributed by atoms with Gasteiger partial charge in [0.15, 0.2) is 11.3 Å². The minimum atomic E-state index is -1.31. The van der Waals surface area contributed by atoms with Crippen molar-refractivity contribution >= 4 is 17.1 Å². The monoisotopic (exact) mass is 232 g/mol. The van der Waals surface area contributed by atoms with E-state index >= 15 is 0 Å². The number of benzene rings is 1. The third kappa shape index (κ3) is 1.65. The second kappa shape index (κ2) is 3.80. The Bertz CT molecular complexity index is 582. The molecule has 0 saturated carbocycles. The van der Waals surface area contributed by atoms with Crippen LogP contribution in [0.1, 0.15) is 24.2 Å². The van der Waals surface area contributed by atoms with Crippen LogP contribution < -0.4 is 4.74 Å². The van der Waals surface area contributed by atoms with Gasteiger partial charge < -0.3 is 14.3 Å². The first-order valence-corrected chi connectivity index (χ1v) is 5.70. The van der Waals surface area contributed by atoms with Crippen LogP contribution in [0.3, 0.4) is 0 Å². The number of furan rings is 1. The van der Waals surface area contributed by atoms with Crippen molar-refractivity contribution < 1.29 is 19.1 Å². The highest BCUT2D eigenvalue weighted by Gasteiger charge is 2.20. The SMILES string of the molecule is O=C(O)Oc1cccc2c3c(oc12)CCCC3. The summed E-state index contributed by atoms with van der Waals surface area (Å²) >= 11 is 0. The fourth-order valence-electron chi connectivity index (χ4n) is 2.43. The van der Waals surface area contributed by atoms with Gasteiger partial charge in [-0.15, -0.1) is 0 Å².